The number of unbranched alkanes of at least 4 members (excludes halogenated alkanes) is 1. The van der Waals surface area contributed by atoms with Gasteiger partial charge in [-0.05, 0) is 47.0 Å². The molecule has 0 aliphatic carbocycles. The molecular weight excluding hydrogens is 458 g/mol. The average Bonchev–Trinajstić information content (AvgIpc) is 3.50. The van der Waals surface area contributed by atoms with Gasteiger partial charge in [-0.3, -0.25) is 0 Å². The summed E-state index contributed by atoms with van der Waals surface area (Å²) in [7, 11) is 2.03. The van der Waals surface area contributed by atoms with Crippen LogP contribution < -0.4 is 10.1 Å². The van der Waals surface area contributed by atoms with Gasteiger partial charge in [0.15, 0.2) is 0 Å². The van der Waals surface area contributed by atoms with Crippen LogP contribution in [-0.2, 0) is 13.6 Å². The van der Waals surface area contributed by atoms with Crippen molar-refractivity contribution in [2.45, 2.75) is 19.4 Å². The Morgan fingerprint density at radius 3 is 2.81 bits per heavy atom. The number of nitro groups is 1. The summed E-state index contributed by atoms with van der Waals surface area (Å²) in [5.41, 5.74) is 3.88. The number of nitrogens with zero attached hydrogens (tertiary/aromatic N) is 6. The van der Waals surface area contributed by atoms with Gasteiger partial charge in [0.1, 0.15) is 11.9 Å². The molecule has 3 heterocycles. The molecule has 0 aliphatic heterocycles. The molecule has 1 N–H and O–H groups in total. The van der Waals surface area contributed by atoms with E-state index in [1.807, 2.05) is 49.5 Å². The summed E-state index contributed by atoms with van der Waals surface area (Å²) in [6.07, 6.45) is 8.37. The zero-order valence-corrected chi connectivity index (χ0v) is 19.7. The molecule has 36 heavy (non-hydrogen) atoms. The summed E-state index contributed by atoms with van der Waals surface area (Å²) in [6, 6.07) is 17.8. The average molecular weight is 484 g/mol. The highest BCUT2D eigenvalue weighted by Gasteiger charge is 2.11. The van der Waals surface area contributed by atoms with Gasteiger partial charge < -0.3 is 29.3 Å². The Bertz CT molecular complexity index is 1510. The van der Waals surface area contributed by atoms with E-state index < -0.39 is 4.92 Å². The van der Waals surface area contributed by atoms with Crippen molar-refractivity contribution in [1.29, 1.82) is 0 Å². The second-order valence-electron chi connectivity index (χ2n) is 8.37. The Balaban J connectivity index is 1.18. The molecule has 0 saturated carbocycles. The standard InChI is InChI=1S/C26H25N7O3/c1-31-16-22(21-9-2-3-10-24(21)31)23-11-12-27-26(30-23)29-19-7-6-8-20(15-19)36-14-5-4-13-32-17-25(28-18-32)33(34)35/h2-3,6-12,15-18H,4-5,13-14H2,1H3,(H,27,29,30). The molecule has 0 atom stereocenters. The van der Waals surface area contributed by atoms with Crippen molar-refractivity contribution in [1.82, 2.24) is 24.1 Å². The molecule has 0 aliphatic rings. The number of anilines is 2. The smallest absolute Gasteiger partial charge is 0.381 e. The number of aryl methyl sites for hydroxylation is 2. The maximum atomic E-state index is 10.7. The van der Waals surface area contributed by atoms with E-state index in [0.29, 0.717) is 19.1 Å². The zero-order valence-electron chi connectivity index (χ0n) is 19.7. The van der Waals surface area contributed by atoms with Gasteiger partial charge in [0.2, 0.25) is 12.3 Å². The fourth-order valence-electron chi connectivity index (χ4n) is 4.06. The van der Waals surface area contributed by atoms with Crippen LogP contribution in [0.5, 0.6) is 5.75 Å². The number of aromatic nitrogens is 5. The number of rotatable bonds is 10. The minimum atomic E-state index is -0.494. The van der Waals surface area contributed by atoms with E-state index in [9.17, 15) is 10.1 Å². The number of ether oxygens (including phenoxy) is 1. The van der Waals surface area contributed by atoms with Gasteiger partial charge in [0.05, 0.1) is 12.3 Å². The first-order valence-electron chi connectivity index (χ1n) is 11.6. The van der Waals surface area contributed by atoms with E-state index in [2.05, 4.69) is 38.2 Å². The first-order valence-corrected chi connectivity index (χ1v) is 11.6. The predicted molar refractivity (Wildman–Crippen MR) is 137 cm³/mol. The van der Waals surface area contributed by atoms with Crippen LogP contribution in [0.2, 0.25) is 0 Å². The summed E-state index contributed by atoms with van der Waals surface area (Å²) < 4.78 is 9.71. The van der Waals surface area contributed by atoms with Gasteiger partial charge in [-0.15, -0.1) is 0 Å². The lowest BCUT2D eigenvalue weighted by molar-refractivity contribution is -0.389. The summed E-state index contributed by atoms with van der Waals surface area (Å²) in [5.74, 6) is 1.11. The van der Waals surface area contributed by atoms with Crippen molar-refractivity contribution in [3.05, 3.63) is 89.6 Å². The Morgan fingerprint density at radius 1 is 1.06 bits per heavy atom. The van der Waals surface area contributed by atoms with Crippen molar-refractivity contribution < 1.29 is 9.66 Å². The number of benzene rings is 2. The molecule has 10 heteroatoms. The molecule has 0 unspecified atom stereocenters. The maximum Gasteiger partial charge on any atom is 0.381 e. The summed E-state index contributed by atoms with van der Waals surface area (Å²) in [4.78, 5) is 23.1. The molecule has 3 aromatic heterocycles. The van der Waals surface area contributed by atoms with Crippen LogP contribution in [0.3, 0.4) is 0 Å². The minimum Gasteiger partial charge on any atom is -0.494 e. The molecule has 10 nitrogen and oxygen atoms in total. The van der Waals surface area contributed by atoms with E-state index in [4.69, 9.17) is 9.72 Å². The Morgan fingerprint density at radius 2 is 1.94 bits per heavy atom. The van der Waals surface area contributed by atoms with Crippen LogP contribution >= 0.6 is 0 Å². The number of para-hydroxylation sites is 1. The van der Waals surface area contributed by atoms with Crippen molar-refractivity contribution in [3.8, 4) is 17.0 Å². The van der Waals surface area contributed by atoms with Gasteiger partial charge in [0, 0.05) is 54.2 Å². The molecule has 0 radical (unpaired) electrons. The van der Waals surface area contributed by atoms with Crippen LogP contribution in [0.4, 0.5) is 17.5 Å². The van der Waals surface area contributed by atoms with Crippen molar-refractivity contribution in [2.75, 3.05) is 11.9 Å². The molecule has 182 valence electrons. The second-order valence-corrected chi connectivity index (χ2v) is 8.37. The number of imidazole rings is 1. The molecule has 5 aromatic rings. The predicted octanol–water partition coefficient (Wildman–Crippen LogP) is 5.34. The van der Waals surface area contributed by atoms with Gasteiger partial charge in [0.25, 0.3) is 0 Å². The molecule has 2 aromatic carbocycles. The van der Waals surface area contributed by atoms with Crippen molar-refractivity contribution in [3.63, 3.8) is 0 Å². The highest BCUT2D eigenvalue weighted by atomic mass is 16.6. The summed E-state index contributed by atoms with van der Waals surface area (Å²) in [6.45, 7) is 1.18. The third-order valence-electron chi connectivity index (χ3n) is 5.80. The number of hydrogen-bond acceptors (Lipinski definition) is 7. The lowest BCUT2D eigenvalue weighted by atomic mass is 10.1. The van der Waals surface area contributed by atoms with E-state index >= 15 is 0 Å². The largest absolute Gasteiger partial charge is 0.494 e. The van der Waals surface area contributed by atoms with Crippen LogP contribution in [0, 0.1) is 10.1 Å². The Labute approximate surface area is 207 Å². The topological polar surface area (TPSA) is 113 Å². The molecule has 0 bridgehead atoms. The summed E-state index contributed by atoms with van der Waals surface area (Å²) in [5, 5.41) is 15.1. The fraction of sp³-hybridized carbons (Fsp3) is 0.192. The normalized spacial score (nSPS) is 11.0. The van der Waals surface area contributed by atoms with Crippen LogP contribution in [0.1, 0.15) is 12.8 Å². The van der Waals surface area contributed by atoms with E-state index in [-0.39, 0.29) is 5.82 Å². The third kappa shape index (κ3) is 5.17. The van der Waals surface area contributed by atoms with Gasteiger partial charge in [-0.2, -0.15) is 0 Å². The molecule has 5 rings (SSSR count). The molecule has 0 fully saturated rings. The van der Waals surface area contributed by atoms with Gasteiger partial charge in [-0.25, -0.2) is 9.97 Å². The number of fused-ring (bicyclic) bond motifs is 1. The second kappa shape index (κ2) is 10.3. The van der Waals surface area contributed by atoms with Gasteiger partial charge in [-0.1, -0.05) is 24.3 Å². The first-order chi connectivity index (χ1) is 17.6. The Hall–Kier alpha value is -4.73. The lowest BCUT2D eigenvalue weighted by Crippen LogP contribution is -2.02. The molecule has 0 saturated heterocycles. The Kier molecular flexibility index (Phi) is 6.57. The highest BCUT2D eigenvalue weighted by molar-refractivity contribution is 5.95. The van der Waals surface area contributed by atoms with Crippen LogP contribution in [-0.4, -0.2) is 35.6 Å². The van der Waals surface area contributed by atoms with Crippen LogP contribution in [0.25, 0.3) is 22.2 Å². The van der Waals surface area contributed by atoms with Gasteiger partial charge >= 0.3 is 5.82 Å². The number of nitrogens with one attached hydrogen (secondary N) is 1. The monoisotopic (exact) mass is 483 g/mol. The minimum absolute atomic E-state index is 0.137. The lowest BCUT2D eigenvalue weighted by Gasteiger charge is -2.10. The third-order valence-corrected chi connectivity index (χ3v) is 5.80. The fourth-order valence-corrected chi connectivity index (χ4v) is 4.06. The van der Waals surface area contributed by atoms with Crippen molar-refractivity contribution in [2.24, 2.45) is 7.05 Å². The SMILES string of the molecule is Cn1cc(-c2ccnc(Nc3cccc(OCCCCn4cnc([N+](=O)[O-])c4)c3)n2)c2ccccc21. The van der Waals surface area contributed by atoms with E-state index in [0.717, 1.165) is 46.4 Å². The van der Waals surface area contributed by atoms with Crippen LogP contribution in [0.15, 0.2) is 79.5 Å². The quantitative estimate of drug-likeness (QED) is 0.162. The zero-order chi connectivity index (χ0) is 24.9. The summed E-state index contributed by atoms with van der Waals surface area (Å²) >= 11 is 0. The first kappa shape index (κ1) is 23.0. The maximum absolute atomic E-state index is 10.7. The number of hydrogen-bond donors (Lipinski definition) is 1. The van der Waals surface area contributed by atoms with E-state index in [1.54, 1.807) is 10.8 Å². The highest BCUT2D eigenvalue weighted by Crippen LogP contribution is 2.29. The van der Waals surface area contributed by atoms with E-state index in [1.165, 1.54) is 12.5 Å². The molecular formula is C26H25N7O3. The molecule has 0 amide bonds. The molecule has 0 spiro atoms. The van der Waals surface area contributed by atoms with Crippen molar-refractivity contribution >= 4 is 28.4 Å².